The number of hydrogen-bond donors (Lipinski definition) is 2. The average Bonchev–Trinajstić information content (AvgIpc) is 3.29. The number of aliphatic carboxylic acids is 1. The van der Waals surface area contributed by atoms with E-state index in [2.05, 4.69) is 14.4 Å². The van der Waals surface area contributed by atoms with Gasteiger partial charge in [0.25, 0.3) is 0 Å². The lowest BCUT2D eigenvalue weighted by Gasteiger charge is -2.25. The molecule has 16 heteroatoms. The van der Waals surface area contributed by atoms with Crippen molar-refractivity contribution in [1.82, 2.24) is 14.8 Å². The Kier molecular flexibility index (Phi) is 8.60. The molecule has 0 spiro atoms. The van der Waals surface area contributed by atoms with E-state index in [0.717, 1.165) is 23.4 Å². The number of carbonyl (C=O) groups is 2. The maximum Gasteiger partial charge on any atom is 0.452 e. The fraction of sp³-hybridized carbons (Fsp3) is 0.500. The summed E-state index contributed by atoms with van der Waals surface area (Å²) >= 11 is 0.779. The van der Waals surface area contributed by atoms with E-state index in [0.29, 0.717) is 44.7 Å². The molecule has 2 N–H and O–H groups in total. The number of allylic oxidation sites excluding steroid dienone is 1. The Morgan fingerprint density at radius 2 is 2.00 bits per heavy atom. The Labute approximate surface area is 243 Å². The van der Waals surface area contributed by atoms with Crippen LogP contribution in [0.2, 0.25) is 0 Å². The van der Waals surface area contributed by atoms with Crippen LogP contribution in [0.25, 0.3) is 0 Å². The minimum absolute atomic E-state index is 0.0295. The minimum Gasteiger partial charge on any atom is -0.480 e. The van der Waals surface area contributed by atoms with Crippen molar-refractivity contribution in [1.29, 1.82) is 0 Å². The fourth-order valence-corrected chi connectivity index (χ4v) is 8.04. The molecule has 1 aliphatic carbocycles. The van der Waals surface area contributed by atoms with E-state index >= 15 is 0 Å². The van der Waals surface area contributed by atoms with E-state index in [4.69, 9.17) is 9.47 Å². The summed E-state index contributed by atoms with van der Waals surface area (Å²) in [5.41, 5.74) is -0.288. The van der Waals surface area contributed by atoms with Gasteiger partial charge in [0.1, 0.15) is 9.78 Å². The zero-order valence-electron chi connectivity index (χ0n) is 22.1. The lowest BCUT2D eigenvalue weighted by molar-refractivity contribution is -0.155. The summed E-state index contributed by atoms with van der Waals surface area (Å²) in [5.74, 6) is -3.24. The molecule has 1 aromatic carbocycles. The number of sulfonamides is 1. The summed E-state index contributed by atoms with van der Waals surface area (Å²) in [7, 11) is -4.30. The van der Waals surface area contributed by atoms with Crippen molar-refractivity contribution in [3.8, 4) is 0 Å². The molecule has 42 heavy (non-hydrogen) atoms. The van der Waals surface area contributed by atoms with Crippen LogP contribution in [0.3, 0.4) is 0 Å². The number of nitrogens with zero attached hydrogens (tertiary/aromatic N) is 2. The third-order valence-electron chi connectivity index (χ3n) is 7.28. The molecular weight excluding hydrogens is 603 g/mol. The lowest BCUT2D eigenvalue weighted by Crippen LogP contribution is -2.44. The predicted molar refractivity (Wildman–Crippen MR) is 143 cm³/mol. The van der Waals surface area contributed by atoms with E-state index in [1.54, 1.807) is 17.0 Å². The molecule has 3 heterocycles. The van der Waals surface area contributed by atoms with Gasteiger partial charge in [-0.05, 0) is 36.8 Å². The number of nitrogens with one attached hydrogen (secondary N) is 1. The number of carbonyl (C=O) groups excluding carboxylic acids is 1. The molecule has 2 aliphatic heterocycles. The number of hydrogen-bond acceptors (Lipinski definition) is 9. The summed E-state index contributed by atoms with van der Waals surface area (Å²) in [6, 6.07) is 7.89. The summed E-state index contributed by atoms with van der Waals surface area (Å²) in [6.45, 7) is 2.13. The first-order valence-corrected chi connectivity index (χ1v) is 15.5. The topological polar surface area (TPSA) is 148 Å². The SMILES string of the molecule is O=C(OCCCc1cccc(C2CC2(NS(=O)(=O)C2=CCC(c3cc(C(F)(F)F)on3)S2)C(=O)O)c1)N1CCOCC1. The molecule has 5 rings (SSSR count). The summed E-state index contributed by atoms with van der Waals surface area (Å²) in [6.07, 6.45) is -2.56. The van der Waals surface area contributed by atoms with Crippen LogP contribution in [-0.2, 0) is 36.9 Å². The fourth-order valence-electron chi connectivity index (χ4n) is 4.95. The van der Waals surface area contributed by atoms with E-state index in [1.165, 1.54) is 6.08 Å². The molecule has 3 unspecified atom stereocenters. The maximum absolute atomic E-state index is 13.2. The van der Waals surface area contributed by atoms with Gasteiger partial charge in [0.15, 0.2) is 0 Å². The van der Waals surface area contributed by atoms with Crippen LogP contribution in [0.1, 0.15) is 53.0 Å². The summed E-state index contributed by atoms with van der Waals surface area (Å²) < 4.78 is 82.0. The normalized spacial score (nSPS) is 24.4. The third-order valence-corrected chi connectivity index (χ3v) is 10.7. The Hall–Kier alpha value is -3.08. The molecule has 1 saturated carbocycles. The highest BCUT2D eigenvalue weighted by Crippen LogP contribution is 2.54. The van der Waals surface area contributed by atoms with E-state index in [1.807, 2.05) is 12.1 Å². The number of aryl methyl sites for hydroxylation is 1. The van der Waals surface area contributed by atoms with Gasteiger partial charge in [-0.25, -0.2) is 13.2 Å². The van der Waals surface area contributed by atoms with Crippen LogP contribution < -0.4 is 4.72 Å². The largest absolute Gasteiger partial charge is 0.480 e. The van der Waals surface area contributed by atoms with Gasteiger partial charge in [-0.1, -0.05) is 35.5 Å². The summed E-state index contributed by atoms with van der Waals surface area (Å²) in [5, 5.41) is 12.7. The van der Waals surface area contributed by atoms with Gasteiger partial charge in [0, 0.05) is 25.1 Å². The first kappa shape index (κ1) is 30.4. The van der Waals surface area contributed by atoms with Crippen LogP contribution in [0.4, 0.5) is 18.0 Å². The van der Waals surface area contributed by atoms with Crippen molar-refractivity contribution in [2.24, 2.45) is 0 Å². The van der Waals surface area contributed by atoms with Crippen molar-refractivity contribution in [2.45, 2.75) is 48.6 Å². The van der Waals surface area contributed by atoms with Crippen molar-refractivity contribution >= 4 is 33.8 Å². The average molecular weight is 632 g/mol. The van der Waals surface area contributed by atoms with Gasteiger partial charge < -0.3 is 24.0 Å². The van der Waals surface area contributed by atoms with Gasteiger partial charge in [-0.15, -0.1) is 11.8 Å². The summed E-state index contributed by atoms with van der Waals surface area (Å²) in [4.78, 5) is 26.0. The van der Waals surface area contributed by atoms with Crippen molar-refractivity contribution in [2.75, 3.05) is 32.9 Å². The van der Waals surface area contributed by atoms with Crippen LogP contribution in [0.15, 0.2) is 45.2 Å². The lowest BCUT2D eigenvalue weighted by atomic mass is 10.0. The number of benzene rings is 1. The first-order valence-electron chi connectivity index (χ1n) is 13.2. The Morgan fingerprint density at radius 1 is 1.24 bits per heavy atom. The number of aromatic nitrogens is 1. The number of ether oxygens (including phenoxy) is 2. The molecule has 1 aromatic heterocycles. The molecule has 0 bridgehead atoms. The molecule has 0 radical (unpaired) electrons. The highest BCUT2D eigenvalue weighted by atomic mass is 32.3. The number of halogens is 3. The van der Waals surface area contributed by atoms with Gasteiger partial charge in [0.05, 0.1) is 30.8 Å². The monoisotopic (exact) mass is 631 g/mol. The number of amides is 1. The Bertz CT molecular complexity index is 1470. The second kappa shape index (κ2) is 11.9. The van der Waals surface area contributed by atoms with Crippen molar-refractivity contribution in [3.63, 3.8) is 0 Å². The van der Waals surface area contributed by atoms with Gasteiger partial charge in [-0.3, -0.25) is 4.79 Å². The van der Waals surface area contributed by atoms with Gasteiger partial charge >= 0.3 is 18.2 Å². The van der Waals surface area contributed by atoms with Gasteiger partial charge in [-0.2, -0.15) is 17.9 Å². The van der Waals surface area contributed by atoms with Crippen molar-refractivity contribution < 1.29 is 50.3 Å². The first-order chi connectivity index (χ1) is 19.9. The molecule has 2 fully saturated rings. The highest BCUT2D eigenvalue weighted by molar-refractivity contribution is 8.18. The second-order valence-electron chi connectivity index (χ2n) is 10.2. The predicted octanol–water partition coefficient (Wildman–Crippen LogP) is 4.04. The molecule has 3 aliphatic rings. The standard InChI is InChI=1S/C26H28F3N3O8S2/c27-26(28,29)21-14-19(30-40-21)20-6-7-22(41-20)42(36,37)31-25(23(33)34)15-18(25)17-5-1-3-16(13-17)4-2-10-39-24(35)32-8-11-38-12-9-32/h1,3,5,7,13-14,18,20,31H,2,4,6,8-12,15H2,(H,33,34). The quantitative estimate of drug-likeness (QED) is 0.368. The Morgan fingerprint density at radius 3 is 2.69 bits per heavy atom. The molecule has 3 atom stereocenters. The van der Waals surface area contributed by atoms with E-state index < -0.39 is 50.7 Å². The second-order valence-corrected chi connectivity index (χ2v) is 13.3. The molecule has 1 saturated heterocycles. The maximum atomic E-state index is 13.2. The highest BCUT2D eigenvalue weighted by Gasteiger charge is 2.63. The van der Waals surface area contributed by atoms with Crippen LogP contribution >= 0.6 is 11.8 Å². The molecule has 11 nitrogen and oxygen atoms in total. The number of thioether (sulfide) groups is 1. The Balaban J connectivity index is 1.18. The van der Waals surface area contributed by atoms with Gasteiger partial charge in [0.2, 0.25) is 15.8 Å². The molecule has 2 aromatic rings. The van der Waals surface area contributed by atoms with Crippen molar-refractivity contribution in [3.05, 3.63) is 63.2 Å². The van der Waals surface area contributed by atoms with E-state index in [-0.39, 0.29) is 29.4 Å². The van der Waals surface area contributed by atoms with Crippen LogP contribution in [0, 0.1) is 0 Å². The zero-order valence-corrected chi connectivity index (χ0v) is 23.8. The number of rotatable bonds is 10. The number of alkyl halides is 3. The number of morpholine rings is 1. The molecular formula is C26H28F3N3O8S2. The third kappa shape index (κ3) is 6.61. The minimum atomic E-state index is -4.72. The molecule has 1 amide bonds. The van der Waals surface area contributed by atoms with Crippen LogP contribution in [0.5, 0.6) is 0 Å². The smallest absolute Gasteiger partial charge is 0.452 e. The number of carboxylic acid groups (broad SMARTS) is 1. The van der Waals surface area contributed by atoms with E-state index in [9.17, 15) is 36.3 Å². The van der Waals surface area contributed by atoms with Crippen LogP contribution in [-0.4, -0.2) is 74.1 Å². The zero-order chi connectivity index (χ0) is 30.1. The number of carboxylic acids is 1. The molecule has 228 valence electrons.